The van der Waals surface area contributed by atoms with Crippen molar-refractivity contribution in [1.82, 2.24) is 4.98 Å². The second-order valence-corrected chi connectivity index (χ2v) is 4.06. The van der Waals surface area contributed by atoms with Gasteiger partial charge >= 0.3 is 0 Å². The molecule has 0 spiro atoms. The fourth-order valence-electron chi connectivity index (χ4n) is 1.31. The van der Waals surface area contributed by atoms with Gasteiger partial charge in [-0.3, -0.25) is 0 Å². The van der Waals surface area contributed by atoms with E-state index < -0.39 is 0 Å². The smallest absolute Gasteiger partial charge is 0.127 e. The highest BCUT2D eigenvalue weighted by Crippen LogP contribution is 2.09. The summed E-state index contributed by atoms with van der Waals surface area (Å²) in [6.45, 7) is 0.882. The van der Waals surface area contributed by atoms with Gasteiger partial charge in [0.15, 0.2) is 0 Å². The fraction of sp³-hybridized carbons (Fsp3) is 0.182. The van der Waals surface area contributed by atoms with Gasteiger partial charge in [-0.15, -0.1) is 0 Å². The molecular weight excluding hydrogens is 206 g/mol. The number of pyridine rings is 1. The molecule has 0 atom stereocenters. The van der Waals surface area contributed by atoms with Gasteiger partial charge in [-0.25, -0.2) is 4.98 Å². The summed E-state index contributed by atoms with van der Waals surface area (Å²) in [6, 6.07) is 5.76. The number of nitrogens with two attached hydrogens (primary N) is 1. The van der Waals surface area contributed by atoms with Crippen molar-refractivity contribution in [2.45, 2.75) is 6.42 Å². The van der Waals surface area contributed by atoms with Crippen LogP contribution in [0.3, 0.4) is 0 Å². The highest BCUT2D eigenvalue weighted by Gasteiger charge is 1.95. The van der Waals surface area contributed by atoms with E-state index in [0.29, 0.717) is 0 Å². The third-order valence-corrected chi connectivity index (χ3v) is 2.82. The summed E-state index contributed by atoms with van der Waals surface area (Å²) in [5.41, 5.74) is 7.74. The number of aromatic nitrogens is 1. The van der Waals surface area contributed by atoms with E-state index in [2.05, 4.69) is 27.1 Å². The predicted octanol–water partition coefficient (Wildman–Crippen LogP) is 2.38. The van der Waals surface area contributed by atoms with Crippen molar-refractivity contribution in [3.63, 3.8) is 0 Å². The fourth-order valence-corrected chi connectivity index (χ4v) is 2.02. The van der Waals surface area contributed by atoms with Gasteiger partial charge in [-0.1, -0.05) is 0 Å². The second kappa shape index (κ2) is 4.79. The van der Waals surface area contributed by atoms with Crippen LogP contribution in [-0.4, -0.2) is 11.5 Å². The summed E-state index contributed by atoms with van der Waals surface area (Å²) in [6.07, 6.45) is 2.72. The zero-order valence-corrected chi connectivity index (χ0v) is 9.13. The monoisotopic (exact) mass is 219 g/mol. The maximum Gasteiger partial charge on any atom is 0.127 e. The van der Waals surface area contributed by atoms with Crippen molar-refractivity contribution in [1.29, 1.82) is 0 Å². The Bertz CT molecular complexity index is 412. The molecule has 0 aliphatic rings. The standard InChI is InChI=1S/C11H13N3S/c12-10-2-5-14-11(7-10)13-4-1-9-3-6-15-8-9/h2-3,5-8H,1,4H2,(H3,12,13,14). The average molecular weight is 219 g/mol. The first-order chi connectivity index (χ1) is 7.34. The Morgan fingerprint density at radius 3 is 3.07 bits per heavy atom. The quantitative estimate of drug-likeness (QED) is 0.830. The zero-order valence-electron chi connectivity index (χ0n) is 8.31. The molecule has 0 radical (unpaired) electrons. The van der Waals surface area contributed by atoms with Crippen molar-refractivity contribution in [3.8, 4) is 0 Å². The van der Waals surface area contributed by atoms with Gasteiger partial charge in [0.1, 0.15) is 5.82 Å². The van der Waals surface area contributed by atoms with Crippen LogP contribution in [0.25, 0.3) is 0 Å². The van der Waals surface area contributed by atoms with Crippen LogP contribution in [0.15, 0.2) is 35.2 Å². The van der Waals surface area contributed by atoms with E-state index in [1.807, 2.05) is 6.07 Å². The lowest BCUT2D eigenvalue weighted by molar-refractivity contribution is 1.01. The molecule has 0 aromatic carbocycles. The van der Waals surface area contributed by atoms with Gasteiger partial charge in [0.2, 0.25) is 0 Å². The molecule has 0 saturated heterocycles. The van der Waals surface area contributed by atoms with Crippen molar-refractivity contribution in [2.75, 3.05) is 17.6 Å². The molecule has 3 N–H and O–H groups in total. The first-order valence-corrected chi connectivity index (χ1v) is 5.75. The number of hydrogen-bond acceptors (Lipinski definition) is 4. The highest BCUT2D eigenvalue weighted by molar-refractivity contribution is 7.07. The van der Waals surface area contributed by atoms with E-state index >= 15 is 0 Å². The minimum atomic E-state index is 0.739. The lowest BCUT2D eigenvalue weighted by atomic mass is 10.2. The molecule has 15 heavy (non-hydrogen) atoms. The molecule has 0 amide bonds. The number of hydrogen-bond donors (Lipinski definition) is 2. The molecule has 0 unspecified atom stereocenters. The number of anilines is 2. The van der Waals surface area contributed by atoms with E-state index in [1.165, 1.54) is 5.56 Å². The zero-order chi connectivity index (χ0) is 10.5. The maximum absolute atomic E-state index is 5.65. The molecule has 4 heteroatoms. The number of nitrogens with zero attached hydrogens (tertiary/aromatic N) is 1. The van der Waals surface area contributed by atoms with Crippen molar-refractivity contribution in [2.24, 2.45) is 0 Å². The topological polar surface area (TPSA) is 50.9 Å². The summed E-state index contributed by atoms with van der Waals surface area (Å²) in [5.74, 6) is 0.838. The van der Waals surface area contributed by atoms with Crippen LogP contribution in [0.2, 0.25) is 0 Å². The molecule has 2 aromatic rings. The Balaban J connectivity index is 1.83. The first kappa shape index (κ1) is 9.98. The second-order valence-electron chi connectivity index (χ2n) is 3.28. The summed E-state index contributed by atoms with van der Waals surface area (Å²) >= 11 is 1.72. The van der Waals surface area contributed by atoms with Gasteiger partial charge in [0.25, 0.3) is 0 Å². The van der Waals surface area contributed by atoms with E-state index in [4.69, 9.17) is 5.73 Å². The van der Waals surface area contributed by atoms with Gasteiger partial charge in [0, 0.05) is 24.5 Å². The summed E-state index contributed by atoms with van der Waals surface area (Å²) in [4.78, 5) is 4.17. The van der Waals surface area contributed by atoms with Gasteiger partial charge < -0.3 is 11.1 Å². The summed E-state index contributed by atoms with van der Waals surface area (Å²) < 4.78 is 0. The third kappa shape index (κ3) is 2.95. The Hall–Kier alpha value is -1.55. The summed E-state index contributed by atoms with van der Waals surface area (Å²) in [5, 5.41) is 7.49. The molecular formula is C11H13N3S. The van der Waals surface area contributed by atoms with Crippen molar-refractivity contribution in [3.05, 3.63) is 40.7 Å². The number of nitrogen functional groups attached to an aromatic ring is 1. The van der Waals surface area contributed by atoms with Gasteiger partial charge in [-0.2, -0.15) is 11.3 Å². The van der Waals surface area contributed by atoms with E-state index in [1.54, 1.807) is 23.6 Å². The Kier molecular flexibility index (Phi) is 3.19. The first-order valence-electron chi connectivity index (χ1n) is 4.81. The average Bonchev–Trinajstić information content (AvgIpc) is 2.71. The Morgan fingerprint density at radius 2 is 2.33 bits per heavy atom. The Labute approximate surface area is 93.0 Å². The van der Waals surface area contributed by atoms with E-state index in [0.717, 1.165) is 24.5 Å². The van der Waals surface area contributed by atoms with Crippen LogP contribution in [0, 0.1) is 0 Å². The summed E-state index contributed by atoms with van der Waals surface area (Å²) in [7, 11) is 0. The number of nitrogens with one attached hydrogen (secondary N) is 1. The lowest BCUT2D eigenvalue weighted by Crippen LogP contribution is -2.05. The molecule has 0 aliphatic carbocycles. The maximum atomic E-state index is 5.65. The van der Waals surface area contributed by atoms with Crippen LogP contribution < -0.4 is 11.1 Å². The van der Waals surface area contributed by atoms with E-state index in [-0.39, 0.29) is 0 Å². The number of thiophene rings is 1. The van der Waals surface area contributed by atoms with Gasteiger partial charge in [-0.05, 0) is 34.9 Å². The van der Waals surface area contributed by atoms with Crippen LogP contribution in [0.4, 0.5) is 11.5 Å². The van der Waals surface area contributed by atoms with Crippen LogP contribution in [0.1, 0.15) is 5.56 Å². The molecule has 2 heterocycles. The SMILES string of the molecule is Nc1ccnc(NCCc2ccsc2)c1. The van der Waals surface area contributed by atoms with Crippen LogP contribution in [0.5, 0.6) is 0 Å². The van der Waals surface area contributed by atoms with Crippen LogP contribution in [-0.2, 0) is 6.42 Å². The van der Waals surface area contributed by atoms with Crippen molar-refractivity contribution < 1.29 is 0 Å². The molecule has 0 aliphatic heterocycles. The molecule has 2 aromatic heterocycles. The van der Waals surface area contributed by atoms with Crippen LogP contribution >= 0.6 is 11.3 Å². The molecule has 0 saturated carbocycles. The normalized spacial score (nSPS) is 10.1. The minimum absolute atomic E-state index is 0.739. The highest BCUT2D eigenvalue weighted by atomic mass is 32.1. The van der Waals surface area contributed by atoms with E-state index in [9.17, 15) is 0 Å². The third-order valence-electron chi connectivity index (χ3n) is 2.08. The molecule has 2 rings (SSSR count). The predicted molar refractivity (Wildman–Crippen MR) is 65.2 cm³/mol. The molecule has 0 fully saturated rings. The number of rotatable bonds is 4. The Morgan fingerprint density at radius 1 is 1.40 bits per heavy atom. The molecule has 78 valence electrons. The minimum Gasteiger partial charge on any atom is -0.399 e. The molecule has 0 bridgehead atoms. The van der Waals surface area contributed by atoms with Crippen molar-refractivity contribution >= 4 is 22.8 Å². The molecule has 3 nitrogen and oxygen atoms in total. The largest absolute Gasteiger partial charge is 0.399 e. The lowest BCUT2D eigenvalue weighted by Gasteiger charge is -2.04. The van der Waals surface area contributed by atoms with Gasteiger partial charge in [0.05, 0.1) is 0 Å².